The predicted octanol–water partition coefficient (Wildman–Crippen LogP) is 0.756. The van der Waals surface area contributed by atoms with Crippen molar-refractivity contribution < 1.29 is 19.8 Å². The zero-order valence-electron chi connectivity index (χ0n) is 15.2. The van der Waals surface area contributed by atoms with Crippen molar-refractivity contribution in [2.45, 2.75) is 76.7 Å². The fourth-order valence-electron chi connectivity index (χ4n) is 3.91. The van der Waals surface area contributed by atoms with Gasteiger partial charge in [0.1, 0.15) is 11.2 Å². The molecule has 0 aromatic heterocycles. The van der Waals surface area contributed by atoms with Gasteiger partial charge in [-0.2, -0.15) is 0 Å². The van der Waals surface area contributed by atoms with Gasteiger partial charge in [0.15, 0.2) is 0 Å². The van der Waals surface area contributed by atoms with E-state index in [1.54, 1.807) is 23.6 Å². The lowest BCUT2D eigenvalue weighted by atomic mass is 9.94. The van der Waals surface area contributed by atoms with Crippen molar-refractivity contribution in [3.8, 4) is 0 Å². The molecule has 3 fully saturated rings. The molecule has 4 atom stereocenters. The van der Waals surface area contributed by atoms with E-state index in [1.807, 2.05) is 13.8 Å². The standard InChI is InChI=1S/C18H30N2O4/c1-11-9-20(16(22)18(4,24)14-7-8-14)12(2)10-19(11)15(21)17(3,23)13-5-6-13/h11-14,23-24H,5-10H2,1-4H3/t11-,12+,17?,18?. The molecule has 1 saturated heterocycles. The van der Waals surface area contributed by atoms with Gasteiger partial charge in [0.05, 0.1) is 0 Å². The van der Waals surface area contributed by atoms with Crippen molar-refractivity contribution in [3.05, 3.63) is 0 Å². The quantitative estimate of drug-likeness (QED) is 0.793. The van der Waals surface area contributed by atoms with Gasteiger partial charge in [0.2, 0.25) is 0 Å². The average Bonchev–Trinajstić information content (AvgIpc) is 3.39. The first-order chi connectivity index (χ1) is 11.1. The lowest BCUT2D eigenvalue weighted by Crippen LogP contribution is -2.65. The zero-order chi connectivity index (χ0) is 17.9. The molecule has 2 amide bonds. The summed E-state index contributed by atoms with van der Waals surface area (Å²) >= 11 is 0. The highest BCUT2D eigenvalue weighted by molar-refractivity contribution is 5.88. The van der Waals surface area contributed by atoms with Crippen LogP contribution in [0.1, 0.15) is 53.4 Å². The number of piperazine rings is 1. The van der Waals surface area contributed by atoms with Crippen LogP contribution in [0.3, 0.4) is 0 Å². The first-order valence-corrected chi connectivity index (χ1v) is 9.13. The summed E-state index contributed by atoms with van der Waals surface area (Å²) in [5.74, 6) is -0.346. The Kier molecular flexibility index (Phi) is 4.20. The van der Waals surface area contributed by atoms with Crippen LogP contribution >= 0.6 is 0 Å². The number of hydrogen-bond donors (Lipinski definition) is 2. The highest BCUT2D eigenvalue weighted by atomic mass is 16.3. The minimum Gasteiger partial charge on any atom is -0.380 e. The van der Waals surface area contributed by atoms with Crippen LogP contribution in [0, 0.1) is 11.8 Å². The zero-order valence-corrected chi connectivity index (χ0v) is 15.2. The van der Waals surface area contributed by atoms with Gasteiger partial charge in [-0.1, -0.05) is 0 Å². The largest absolute Gasteiger partial charge is 0.380 e. The molecule has 0 radical (unpaired) electrons. The van der Waals surface area contributed by atoms with Gasteiger partial charge >= 0.3 is 0 Å². The van der Waals surface area contributed by atoms with E-state index < -0.39 is 11.2 Å². The molecule has 2 unspecified atom stereocenters. The molecular weight excluding hydrogens is 308 g/mol. The summed E-state index contributed by atoms with van der Waals surface area (Å²) in [4.78, 5) is 29.0. The Balaban J connectivity index is 1.70. The summed E-state index contributed by atoms with van der Waals surface area (Å²) in [6.07, 6.45) is 3.58. The van der Waals surface area contributed by atoms with Crippen LogP contribution in [0.5, 0.6) is 0 Å². The average molecular weight is 338 g/mol. The minimum absolute atomic E-state index is 0.0581. The second-order valence-corrected chi connectivity index (χ2v) is 8.46. The fraction of sp³-hybridized carbons (Fsp3) is 0.889. The Labute approximate surface area is 143 Å². The van der Waals surface area contributed by atoms with Gasteiger partial charge < -0.3 is 20.0 Å². The number of aliphatic hydroxyl groups is 2. The summed E-state index contributed by atoms with van der Waals surface area (Å²) in [7, 11) is 0. The molecule has 1 aliphatic heterocycles. The first-order valence-electron chi connectivity index (χ1n) is 9.13. The van der Waals surface area contributed by atoms with E-state index in [-0.39, 0.29) is 35.7 Å². The lowest BCUT2D eigenvalue weighted by molar-refractivity contribution is -0.167. The van der Waals surface area contributed by atoms with Gasteiger partial charge in [-0.25, -0.2) is 0 Å². The molecule has 0 bridgehead atoms. The third-order valence-corrected chi connectivity index (χ3v) is 6.12. The third-order valence-electron chi connectivity index (χ3n) is 6.12. The van der Waals surface area contributed by atoms with Crippen LogP contribution in [-0.4, -0.2) is 68.2 Å². The molecule has 1 heterocycles. The van der Waals surface area contributed by atoms with Crippen molar-refractivity contribution in [2.24, 2.45) is 11.8 Å². The smallest absolute Gasteiger partial charge is 0.254 e. The summed E-state index contributed by atoms with van der Waals surface area (Å²) in [6, 6.07) is -0.337. The molecule has 2 aliphatic carbocycles. The maximum absolute atomic E-state index is 12.8. The van der Waals surface area contributed by atoms with E-state index in [2.05, 4.69) is 0 Å². The topological polar surface area (TPSA) is 81.1 Å². The fourth-order valence-corrected chi connectivity index (χ4v) is 3.91. The minimum atomic E-state index is -1.31. The molecule has 2 N–H and O–H groups in total. The Hall–Kier alpha value is -1.14. The number of carbonyl (C=O) groups excluding carboxylic acids is 2. The van der Waals surface area contributed by atoms with E-state index in [4.69, 9.17) is 0 Å². The summed E-state index contributed by atoms with van der Waals surface area (Å²) in [5.41, 5.74) is -2.61. The van der Waals surface area contributed by atoms with Crippen LogP contribution in [0.4, 0.5) is 0 Å². The highest BCUT2D eigenvalue weighted by Gasteiger charge is 2.52. The number of carbonyl (C=O) groups is 2. The highest BCUT2D eigenvalue weighted by Crippen LogP contribution is 2.42. The maximum Gasteiger partial charge on any atom is 0.254 e. The van der Waals surface area contributed by atoms with Crippen molar-refractivity contribution in [3.63, 3.8) is 0 Å². The molecule has 6 heteroatoms. The van der Waals surface area contributed by atoms with E-state index in [0.717, 1.165) is 25.7 Å². The van der Waals surface area contributed by atoms with Crippen LogP contribution in [0.25, 0.3) is 0 Å². The molecule has 2 saturated carbocycles. The van der Waals surface area contributed by atoms with Gasteiger partial charge in [0.25, 0.3) is 11.8 Å². The Bertz CT molecular complexity index is 489. The second-order valence-electron chi connectivity index (χ2n) is 8.46. The molecule has 136 valence electrons. The molecule has 0 aromatic rings. The van der Waals surface area contributed by atoms with E-state index in [1.165, 1.54) is 0 Å². The third kappa shape index (κ3) is 2.94. The maximum atomic E-state index is 12.8. The number of amides is 2. The van der Waals surface area contributed by atoms with Gasteiger partial charge in [-0.15, -0.1) is 0 Å². The van der Waals surface area contributed by atoms with E-state index in [0.29, 0.717) is 13.1 Å². The Morgan fingerprint density at radius 1 is 0.792 bits per heavy atom. The van der Waals surface area contributed by atoms with Crippen molar-refractivity contribution >= 4 is 11.8 Å². The van der Waals surface area contributed by atoms with Crippen LogP contribution in [0.2, 0.25) is 0 Å². The van der Waals surface area contributed by atoms with Crippen molar-refractivity contribution in [2.75, 3.05) is 13.1 Å². The molecule has 3 rings (SSSR count). The summed E-state index contributed by atoms with van der Waals surface area (Å²) in [5, 5.41) is 21.1. The van der Waals surface area contributed by atoms with Crippen molar-refractivity contribution in [1.82, 2.24) is 9.80 Å². The van der Waals surface area contributed by atoms with Crippen LogP contribution in [0.15, 0.2) is 0 Å². The van der Waals surface area contributed by atoms with Crippen molar-refractivity contribution in [1.29, 1.82) is 0 Å². The SMILES string of the molecule is C[C@@H]1CN(C(=O)C(C)(O)C2CC2)[C@@H](C)CN1C(=O)C(C)(O)C1CC1. The van der Waals surface area contributed by atoms with E-state index in [9.17, 15) is 19.8 Å². The molecular formula is C18H30N2O4. The number of nitrogens with zero attached hydrogens (tertiary/aromatic N) is 2. The lowest BCUT2D eigenvalue weighted by Gasteiger charge is -2.47. The predicted molar refractivity (Wildman–Crippen MR) is 89.0 cm³/mol. The Morgan fingerprint density at radius 3 is 1.33 bits per heavy atom. The Morgan fingerprint density at radius 2 is 1.08 bits per heavy atom. The van der Waals surface area contributed by atoms with Crippen LogP contribution < -0.4 is 0 Å². The molecule has 0 aromatic carbocycles. The molecule has 24 heavy (non-hydrogen) atoms. The molecule has 3 aliphatic rings. The van der Waals surface area contributed by atoms with E-state index >= 15 is 0 Å². The summed E-state index contributed by atoms with van der Waals surface area (Å²) in [6.45, 7) is 7.82. The van der Waals surface area contributed by atoms with Crippen LogP contribution in [-0.2, 0) is 9.59 Å². The normalized spacial score (nSPS) is 32.9. The van der Waals surface area contributed by atoms with Gasteiger partial charge in [-0.05, 0) is 65.2 Å². The second kappa shape index (κ2) is 5.70. The monoisotopic (exact) mass is 338 g/mol. The van der Waals surface area contributed by atoms with Gasteiger partial charge in [0, 0.05) is 25.2 Å². The summed E-state index contributed by atoms with van der Waals surface area (Å²) < 4.78 is 0. The molecule has 0 spiro atoms. The number of rotatable bonds is 4. The first kappa shape index (κ1) is 17.7. The number of hydrogen-bond acceptors (Lipinski definition) is 4. The van der Waals surface area contributed by atoms with Gasteiger partial charge in [-0.3, -0.25) is 9.59 Å². The molecule has 6 nitrogen and oxygen atoms in total.